The molecule has 2 amide bonds. The van der Waals surface area contributed by atoms with Crippen LogP contribution in [0.2, 0.25) is 0 Å². The SMILES string of the molecule is C=CCN1CCN(C(=O)C2CNC(=O)CN2)CC1. The smallest absolute Gasteiger partial charge is 0.241 e. The minimum atomic E-state index is -0.270. The zero-order chi connectivity index (χ0) is 13.0. The molecule has 0 spiro atoms. The minimum absolute atomic E-state index is 0.0464. The topological polar surface area (TPSA) is 64.7 Å². The highest BCUT2D eigenvalue weighted by Crippen LogP contribution is 2.04. The van der Waals surface area contributed by atoms with Crippen LogP contribution in [0.1, 0.15) is 0 Å². The van der Waals surface area contributed by atoms with Crippen molar-refractivity contribution in [2.45, 2.75) is 6.04 Å². The predicted octanol–water partition coefficient (Wildman–Crippen LogP) is -1.60. The van der Waals surface area contributed by atoms with Crippen molar-refractivity contribution in [1.29, 1.82) is 0 Å². The summed E-state index contributed by atoms with van der Waals surface area (Å²) in [5.41, 5.74) is 0. The molecule has 2 rings (SSSR count). The largest absolute Gasteiger partial charge is 0.353 e. The van der Waals surface area contributed by atoms with Gasteiger partial charge in [0.1, 0.15) is 6.04 Å². The summed E-state index contributed by atoms with van der Waals surface area (Å²) < 4.78 is 0. The molecule has 6 heteroatoms. The molecule has 2 fully saturated rings. The molecule has 0 aromatic rings. The second-order valence-corrected chi connectivity index (χ2v) is 4.65. The van der Waals surface area contributed by atoms with Gasteiger partial charge in [0.25, 0.3) is 0 Å². The van der Waals surface area contributed by atoms with E-state index in [1.54, 1.807) is 0 Å². The zero-order valence-electron chi connectivity index (χ0n) is 10.5. The Morgan fingerprint density at radius 3 is 2.67 bits per heavy atom. The molecule has 0 aromatic carbocycles. The molecule has 1 unspecified atom stereocenters. The highest BCUT2D eigenvalue weighted by Gasteiger charge is 2.29. The fourth-order valence-corrected chi connectivity index (χ4v) is 2.29. The third kappa shape index (κ3) is 3.08. The Morgan fingerprint density at radius 2 is 2.11 bits per heavy atom. The van der Waals surface area contributed by atoms with Crippen molar-refractivity contribution in [1.82, 2.24) is 20.4 Å². The summed E-state index contributed by atoms with van der Waals surface area (Å²) in [7, 11) is 0. The van der Waals surface area contributed by atoms with Crippen LogP contribution in [-0.2, 0) is 9.59 Å². The van der Waals surface area contributed by atoms with Gasteiger partial charge in [0.15, 0.2) is 0 Å². The third-order valence-electron chi connectivity index (χ3n) is 3.38. The third-order valence-corrected chi connectivity index (χ3v) is 3.38. The average Bonchev–Trinajstić information content (AvgIpc) is 2.40. The molecule has 0 aromatic heterocycles. The molecule has 0 aliphatic carbocycles. The van der Waals surface area contributed by atoms with E-state index >= 15 is 0 Å². The molecule has 2 heterocycles. The summed E-state index contributed by atoms with van der Waals surface area (Å²) in [5.74, 6) is 0.0445. The first-order valence-electron chi connectivity index (χ1n) is 6.33. The Hall–Kier alpha value is -1.40. The Labute approximate surface area is 107 Å². The van der Waals surface area contributed by atoms with E-state index < -0.39 is 0 Å². The standard InChI is InChI=1S/C12H20N4O2/c1-2-3-15-4-6-16(7-5-15)12(18)10-8-14-11(17)9-13-10/h2,10,13H,1,3-9H2,(H,14,17). The summed E-state index contributed by atoms with van der Waals surface area (Å²) in [5, 5.41) is 5.68. The minimum Gasteiger partial charge on any atom is -0.353 e. The van der Waals surface area contributed by atoms with E-state index in [0.29, 0.717) is 6.54 Å². The number of rotatable bonds is 3. The van der Waals surface area contributed by atoms with Gasteiger partial charge in [0, 0.05) is 39.3 Å². The van der Waals surface area contributed by atoms with E-state index in [1.807, 2.05) is 11.0 Å². The number of carbonyl (C=O) groups is 2. The van der Waals surface area contributed by atoms with Crippen LogP contribution in [-0.4, -0.2) is 73.5 Å². The first-order chi connectivity index (χ1) is 8.70. The predicted molar refractivity (Wildman–Crippen MR) is 68.0 cm³/mol. The molecule has 2 aliphatic rings. The van der Waals surface area contributed by atoms with Gasteiger partial charge in [-0.25, -0.2) is 0 Å². The van der Waals surface area contributed by atoms with Gasteiger partial charge in [-0.2, -0.15) is 0 Å². The lowest BCUT2D eigenvalue weighted by atomic mass is 10.2. The van der Waals surface area contributed by atoms with Crippen molar-refractivity contribution in [3.63, 3.8) is 0 Å². The first kappa shape index (κ1) is 13.0. The second kappa shape index (κ2) is 5.97. The Kier molecular flexibility index (Phi) is 4.33. The van der Waals surface area contributed by atoms with Crippen LogP contribution in [0.25, 0.3) is 0 Å². The lowest BCUT2D eigenvalue weighted by Gasteiger charge is -2.36. The van der Waals surface area contributed by atoms with E-state index in [1.165, 1.54) is 0 Å². The monoisotopic (exact) mass is 252 g/mol. The van der Waals surface area contributed by atoms with Crippen LogP contribution in [0.3, 0.4) is 0 Å². The fourth-order valence-electron chi connectivity index (χ4n) is 2.29. The number of hydrogen-bond acceptors (Lipinski definition) is 4. The molecule has 0 radical (unpaired) electrons. The van der Waals surface area contributed by atoms with Crippen LogP contribution in [0, 0.1) is 0 Å². The first-order valence-corrected chi connectivity index (χ1v) is 6.33. The molecule has 1 atom stereocenters. The van der Waals surface area contributed by atoms with Crippen LogP contribution < -0.4 is 10.6 Å². The molecule has 100 valence electrons. The molecule has 2 saturated heterocycles. The van der Waals surface area contributed by atoms with Crippen molar-refractivity contribution in [3.8, 4) is 0 Å². The van der Waals surface area contributed by atoms with Gasteiger partial charge in [-0.1, -0.05) is 6.08 Å². The van der Waals surface area contributed by atoms with E-state index in [9.17, 15) is 9.59 Å². The van der Waals surface area contributed by atoms with Crippen molar-refractivity contribution in [2.75, 3.05) is 45.8 Å². The van der Waals surface area contributed by atoms with Crippen molar-refractivity contribution in [3.05, 3.63) is 12.7 Å². The molecular weight excluding hydrogens is 232 g/mol. The molecule has 18 heavy (non-hydrogen) atoms. The second-order valence-electron chi connectivity index (χ2n) is 4.65. The molecular formula is C12H20N4O2. The fraction of sp³-hybridized carbons (Fsp3) is 0.667. The van der Waals surface area contributed by atoms with Crippen LogP contribution in [0.5, 0.6) is 0 Å². The number of nitrogens with zero attached hydrogens (tertiary/aromatic N) is 2. The van der Waals surface area contributed by atoms with Gasteiger partial charge in [-0.05, 0) is 0 Å². The lowest BCUT2D eigenvalue weighted by Crippen LogP contribution is -2.61. The average molecular weight is 252 g/mol. The number of nitrogens with one attached hydrogen (secondary N) is 2. The van der Waals surface area contributed by atoms with Crippen LogP contribution in [0.4, 0.5) is 0 Å². The van der Waals surface area contributed by atoms with E-state index in [4.69, 9.17) is 0 Å². The van der Waals surface area contributed by atoms with Crippen molar-refractivity contribution in [2.24, 2.45) is 0 Å². The zero-order valence-corrected chi connectivity index (χ0v) is 10.5. The van der Waals surface area contributed by atoms with Crippen molar-refractivity contribution >= 4 is 11.8 Å². The van der Waals surface area contributed by atoms with Gasteiger partial charge in [0.05, 0.1) is 6.54 Å². The van der Waals surface area contributed by atoms with E-state index in [-0.39, 0.29) is 24.4 Å². The molecule has 0 saturated carbocycles. The molecule has 0 bridgehead atoms. The van der Waals surface area contributed by atoms with Gasteiger partial charge < -0.3 is 10.2 Å². The summed E-state index contributed by atoms with van der Waals surface area (Å²) >= 11 is 0. The maximum atomic E-state index is 12.2. The lowest BCUT2D eigenvalue weighted by molar-refractivity contribution is -0.136. The van der Waals surface area contributed by atoms with E-state index in [0.717, 1.165) is 32.7 Å². The van der Waals surface area contributed by atoms with Gasteiger partial charge >= 0.3 is 0 Å². The maximum absolute atomic E-state index is 12.2. The number of amides is 2. The van der Waals surface area contributed by atoms with Crippen LogP contribution >= 0.6 is 0 Å². The van der Waals surface area contributed by atoms with Gasteiger partial charge in [-0.3, -0.25) is 19.8 Å². The normalized spacial score (nSPS) is 25.7. The van der Waals surface area contributed by atoms with Crippen molar-refractivity contribution < 1.29 is 9.59 Å². The summed E-state index contributed by atoms with van der Waals surface area (Å²) in [6, 6.07) is -0.270. The highest BCUT2D eigenvalue weighted by molar-refractivity contribution is 5.86. The van der Waals surface area contributed by atoms with Gasteiger partial charge in [-0.15, -0.1) is 6.58 Å². The quantitative estimate of drug-likeness (QED) is 0.594. The van der Waals surface area contributed by atoms with Crippen LogP contribution in [0.15, 0.2) is 12.7 Å². The number of piperazine rings is 2. The molecule has 6 nitrogen and oxygen atoms in total. The molecule has 2 N–H and O–H groups in total. The summed E-state index contributed by atoms with van der Waals surface area (Å²) in [4.78, 5) is 27.3. The highest BCUT2D eigenvalue weighted by atomic mass is 16.2. The Bertz CT molecular complexity index is 327. The number of carbonyl (C=O) groups excluding carboxylic acids is 2. The number of hydrogen-bond donors (Lipinski definition) is 2. The summed E-state index contributed by atoms with van der Waals surface area (Å²) in [6.45, 7) is 8.48. The maximum Gasteiger partial charge on any atom is 0.241 e. The van der Waals surface area contributed by atoms with E-state index in [2.05, 4.69) is 22.1 Å². The molecule has 2 aliphatic heterocycles. The van der Waals surface area contributed by atoms with Gasteiger partial charge in [0.2, 0.25) is 11.8 Å². The Balaban J connectivity index is 1.80. The Morgan fingerprint density at radius 1 is 1.39 bits per heavy atom. The summed E-state index contributed by atoms with van der Waals surface area (Å²) in [6.07, 6.45) is 1.88.